The van der Waals surface area contributed by atoms with E-state index in [4.69, 9.17) is 4.74 Å². The van der Waals surface area contributed by atoms with Gasteiger partial charge in [0.1, 0.15) is 11.5 Å². The number of hydrogen-bond acceptors (Lipinski definition) is 3. The Bertz CT molecular complexity index is 852. The van der Waals surface area contributed by atoms with E-state index in [1.54, 1.807) is 6.07 Å². The zero-order valence-electron chi connectivity index (χ0n) is 13.0. The molecule has 0 unspecified atom stereocenters. The van der Waals surface area contributed by atoms with Gasteiger partial charge in [0.25, 0.3) is 0 Å². The number of phenols is 1. The summed E-state index contributed by atoms with van der Waals surface area (Å²) in [6, 6.07) is 21.5. The van der Waals surface area contributed by atoms with Crippen LogP contribution in [0.5, 0.6) is 11.5 Å². The van der Waals surface area contributed by atoms with Crippen molar-refractivity contribution in [2.75, 3.05) is 7.11 Å². The second-order valence-corrected chi connectivity index (χ2v) is 8.72. The maximum Gasteiger partial charge on any atom is 0.175 e. The maximum absolute atomic E-state index is 14.3. The number of phenolic OH excluding ortho intramolecular Hbond substituents is 1. The highest BCUT2D eigenvalue weighted by Gasteiger charge is 2.35. The molecule has 3 nitrogen and oxygen atoms in total. The van der Waals surface area contributed by atoms with Crippen LogP contribution < -0.4 is 20.7 Å². The van der Waals surface area contributed by atoms with Crippen molar-refractivity contribution < 1.29 is 14.4 Å². The average Bonchev–Trinajstić information content (AvgIpc) is 2.63. The van der Waals surface area contributed by atoms with Crippen LogP contribution in [0, 0.1) is 0 Å². The normalized spacial score (nSPS) is 11.2. The first kappa shape index (κ1) is 16.8. The Hall–Kier alpha value is -2.03. The minimum absolute atomic E-state index is 0.0290. The zero-order chi connectivity index (χ0) is 17.2. The number of hydrogen-bond donors (Lipinski definition) is 1. The van der Waals surface area contributed by atoms with E-state index in [1.165, 1.54) is 13.2 Å². The summed E-state index contributed by atoms with van der Waals surface area (Å²) < 4.78 is 20.1. The number of methoxy groups -OCH3 is 1. The summed E-state index contributed by atoms with van der Waals surface area (Å²) in [5.41, 5.74) is 0. The van der Waals surface area contributed by atoms with Crippen LogP contribution in [-0.4, -0.2) is 12.2 Å². The predicted molar refractivity (Wildman–Crippen MR) is 102 cm³/mol. The quantitative estimate of drug-likeness (QED) is 0.675. The lowest BCUT2D eigenvalue weighted by Gasteiger charge is -2.23. The molecule has 0 aromatic heterocycles. The second kappa shape index (κ2) is 6.84. The summed E-state index contributed by atoms with van der Waals surface area (Å²) in [7, 11) is -1.73. The topological polar surface area (TPSA) is 46.5 Å². The SMILES string of the molecule is COc1ccc(O)c(P(=O)(c2ccccc2)c2ccccc2)c1Br. The third-order valence-electron chi connectivity index (χ3n) is 3.83. The zero-order valence-corrected chi connectivity index (χ0v) is 15.5. The summed E-state index contributed by atoms with van der Waals surface area (Å²) in [5, 5.41) is 12.2. The smallest absolute Gasteiger partial charge is 0.175 e. The molecule has 1 N–H and O–H groups in total. The van der Waals surface area contributed by atoms with Gasteiger partial charge in [-0.2, -0.15) is 0 Å². The van der Waals surface area contributed by atoms with Crippen molar-refractivity contribution in [1.82, 2.24) is 0 Å². The van der Waals surface area contributed by atoms with E-state index in [-0.39, 0.29) is 5.75 Å². The lowest BCUT2D eigenvalue weighted by Crippen LogP contribution is -2.26. The van der Waals surface area contributed by atoms with Gasteiger partial charge < -0.3 is 14.4 Å². The van der Waals surface area contributed by atoms with E-state index in [1.807, 2.05) is 60.7 Å². The molecule has 0 heterocycles. The Morgan fingerprint density at radius 2 is 1.38 bits per heavy atom. The van der Waals surface area contributed by atoms with Crippen molar-refractivity contribution in [3.63, 3.8) is 0 Å². The standard InChI is InChI=1S/C19H16BrO3P/c1-23-17-13-12-16(21)19(18(17)20)24(22,14-8-4-2-5-9-14)15-10-6-3-7-11-15/h2-13,21H,1H3. The van der Waals surface area contributed by atoms with Crippen molar-refractivity contribution in [3.8, 4) is 11.5 Å². The second-order valence-electron chi connectivity index (χ2n) is 5.23. The molecular formula is C19H16BrO3P. The van der Waals surface area contributed by atoms with Gasteiger partial charge in [-0.05, 0) is 28.1 Å². The average molecular weight is 403 g/mol. The molecule has 3 aromatic carbocycles. The minimum atomic E-state index is -3.27. The molecule has 0 amide bonds. The lowest BCUT2D eigenvalue weighted by atomic mass is 10.3. The highest BCUT2D eigenvalue weighted by atomic mass is 79.9. The molecule has 3 rings (SSSR count). The third-order valence-corrected chi connectivity index (χ3v) is 8.06. The van der Waals surface area contributed by atoms with Gasteiger partial charge in [-0.15, -0.1) is 0 Å². The van der Waals surface area contributed by atoms with E-state index in [0.717, 1.165) is 0 Å². The van der Waals surface area contributed by atoms with Crippen LogP contribution in [-0.2, 0) is 4.57 Å². The largest absolute Gasteiger partial charge is 0.507 e. The Kier molecular flexibility index (Phi) is 4.79. The van der Waals surface area contributed by atoms with Gasteiger partial charge in [0.2, 0.25) is 0 Å². The molecule has 0 aliphatic rings. The fourth-order valence-corrected chi connectivity index (χ4v) is 6.70. The molecule has 24 heavy (non-hydrogen) atoms. The van der Waals surface area contributed by atoms with Crippen LogP contribution in [0.1, 0.15) is 0 Å². The highest BCUT2D eigenvalue weighted by Crippen LogP contribution is 2.48. The van der Waals surface area contributed by atoms with Crippen LogP contribution in [0.3, 0.4) is 0 Å². The molecular weight excluding hydrogens is 387 g/mol. The van der Waals surface area contributed by atoms with Crippen LogP contribution in [0.2, 0.25) is 0 Å². The van der Waals surface area contributed by atoms with Gasteiger partial charge in [0.05, 0.1) is 16.9 Å². The maximum atomic E-state index is 14.3. The molecule has 0 radical (unpaired) electrons. The van der Waals surface area contributed by atoms with Gasteiger partial charge in [0, 0.05) is 10.6 Å². The summed E-state index contributed by atoms with van der Waals surface area (Å²) in [5.74, 6) is 0.494. The number of ether oxygens (including phenoxy) is 1. The molecule has 0 bridgehead atoms. The Balaban J connectivity index is 2.39. The molecule has 122 valence electrons. The van der Waals surface area contributed by atoms with E-state index in [9.17, 15) is 9.67 Å². The molecule has 5 heteroatoms. The first-order chi connectivity index (χ1) is 11.6. The first-order valence-electron chi connectivity index (χ1n) is 7.36. The minimum Gasteiger partial charge on any atom is -0.507 e. The fraction of sp³-hybridized carbons (Fsp3) is 0.0526. The van der Waals surface area contributed by atoms with Crippen molar-refractivity contribution in [2.45, 2.75) is 0 Å². The third kappa shape index (κ3) is 2.77. The van der Waals surface area contributed by atoms with Crippen molar-refractivity contribution in [3.05, 3.63) is 77.3 Å². The number of aromatic hydroxyl groups is 1. The van der Waals surface area contributed by atoms with Crippen LogP contribution in [0.4, 0.5) is 0 Å². The predicted octanol–water partition coefficient (Wildman–Crippen LogP) is 3.80. The van der Waals surface area contributed by atoms with E-state index in [2.05, 4.69) is 15.9 Å². The van der Waals surface area contributed by atoms with Crippen molar-refractivity contribution >= 4 is 39.0 Å². The van der Waals surface area contributed by atoms with E-state index < -0.39 is 7.14 Å². The Morgan fingerprint density at radius 3 is 1.83 bits per heavy atom. The summed E-state index contributed by atoms with van der Waals surface area (Å²) in [6.07, 6.45) is 0. The summed E-state index contributed by atoms with van der Waals surface area (Å²) in [6.45, 7) is 0. The lowest BCUT2D eigenvalue weighted by molar-refractivity contribution is 0.410. The van der Waals surface area contributed by atoms with Gasteiger partial charge in [-0.1, -0.05) is 60.7 Å². The molecule has 0 saturated heterocycles. The van der Waals surface area contributed by atoms with E-state index >= 15 is 0 Å². The van der Waals surface area contributed by atoms with Gasteiger partial charge in [-0.3, -0.25) is 0 Å². The highest BCUT2D eigenvalue weighted by molar-refractivity contribution is 9.10. The summed E-state index contributed by atoms with van der Waals surface area (Å²) in [4.78, 5) is 0. The van der Waals surface area contributed by atoms with Crippen LogP contribution >= 0.6 is 23.1 Å². The molecule has 0 aliphatic heterocycles. The van der Waals surface area contributed by atoms with Crippen LogP contribution in [0.25, 0.3) is 0 Å². The van der Waals surface area contributed by atoms with Crippen molar-refractivity contribution in [1.29, 1.82) is 0 Å². The van der Waals surface area contributed by atoms with Crippen molar-refractivity contribution in [2.24, 2.45) is 0 Å². The molecule has 0 saturated carbocycles. The molecule has 0 fully saturated rings. The molecule has 0 atom stereocenters. The summed E-state index contributed by atoms with van der Waals surface area (Å²) >= 11 is 3.47. The fourth-order valence-electron chi connectivity index (χ4n) is 2.68. The molecule has 3 aromatic rings. The monoisotopic (exact) mass is 402 g/mol. The molecule has 0 spiro atoms. The molecule has 0 aliphatic carbocycles. The number of benzene rings is 3. The van der Waals surface area contributed by atoms with Gasteiger partial charge in [0.15, 0.2) is 7.14 Å². The number of halogens is 1. The van der Waals surface area contributed by atoms with Gasteiger partial charge >= 0.3 is 0 Å². The Morgan fingerprint density at radius 1 is 0.875 bits per heavy atom. The van der Waals surface area contributed by atoms with Gasteiger partial charge in [-0.25, -0.2) is 0 Å². The van der Waals surface area contributed by atoms with E-state index in [0.29, 0.717) is 26.1 Å². The van der Waals surface area contributed by atoms with Crippen LogP contribution in [0.15, 0.2) is 77.3 Å². The number of rotatable bonds is 4. The first-order valence-corrected chi connectivity index (χ1v) is 9.86. The Labute approximate surface area is 149 Å².